The lowest BCUT2D eigenvalue weighted by Crippen LogP contribution is -2.46. The zero-order valence-corrected chi connectivity index (χ0v) is 11.5. The quantitative estimate of drug-likeness (QED) is 0.802. The number of hydrogen-bond acceptors (Lipinski definition) is 2. The fourth-order valence-corrected chi connectivity index (χ4v) is 3.84. The van der Waals surface area contributed by atoms with Crippen molar-refractivity contribution in [1.82, 2.24) is 5.32 Å². The monoisotopic (exact) mass is 296 g/mol. The SMILES string of the molecule is O=C(Nc1cc(F)cc(F)c1)NC1C2CCC(C2)C1CO. The number of nitrogens with one attached hydrogen (secondary N) is 2. The Balaban J connectivity index is 1.64. The second-order valence-electron chi connectivity index (χ2n) is 5.96. The first kappa shape index (κ1) is 14.3. The van der Waals surface area contributed by atoms with Gasteiger partial charge in [0.15, 0.2) is 0 Å². The van der Waals surface area contributed by atoms with Crippen LogP contribution in [0.1, 0.15) is 19.3 Å². The number of rotatable bonds is 3. The van der Waals surface area contributed by atoms with Gasteiger partial charge in [0.2, 0.25) is 0 Å². The summed E-state index contributed by atoms with van der Waals surface area (Å²) >= 11 is 0. The summed E-state index contributed by atoms with van der Waals surface area (Å²) in [6.07, 6.45) is 3.19. The lowest BCUT2D eigenvalue weighted by Gasteiger charge is -2.30. The lowest BCUT2D eigenvalue weighted by atomic mass is 9.85. The Kier molecular flexibility index (Phi) is 3.80. The molecule has 1 aromatic rings. The smallest absolute Gasteiger partial charge is 0.319 e. The van der Waals surface area contributed by atoms with Crippen LogP contribution in [-0.4, -0.2) is 23.8 Å². The van der Waals surface area contributed by atoms with E-state index in [-0.39, 0.29) is 24.3 Å². The molecule has 4 unspecified atom stereocenters. The molecule has 0 aromatic heterocycles. The second-order valence-corrected chi connectivity index (χ2v) is 5.96. The Morgan fingerprint density at radius 3 is 2.52 bits per heavy atom. The highest BCUT2D eigenvalue weighted by atomic mass is 19.1. The molecule has 1 aromatic carbocycles. The Bertz CT molecular complexity index is 532. The predicted octanol–water partition coefficient (Wildman–Crippen LogP) is 2.49. The fraction of sp³-hybridized carbons (Fsp3) is 0.533. The number of fused-ring (bicyclic) bond motifs is 2. The van der Waals surface area contributed by atoms with Crippen molar-refractivity contribution in [3.63, 3.8) is 0 Å². The maximum atomic E-state index is 13.1. The molecule has 114 valence electrons. The number of amides is 2. The third-order valence-corrected chi connectivity index (χ3v) is 4.72. The Morgan fingerprint density at radius 2 is 1.86 bits per heavy atom. The minimum absolute atomic E-state index is 0.0563. The van der Waals surface area contributed by atoms with Gasteiger partial charge in [-0.1, -0.05) is 0 Å². The molecule has 0 heterocycles. The highest BCUT2D eigenvalue weighted by Gasteiger charge is 2.47. The fourth-order valence-electron chi connectivity index (χ4n) is 3.84. The van der Waals surface area contributed by atoms with Gasteiger partial charge >= 0.3 is 6.03 Å². The third-order valence-electron chi connectivity index (χ3n) is 4.72. The highest BCUT2D eigenvalue weighted by molar-refractivity contribution is 5.89. The van der Waals surface area contributed by atoms with Gasteiger partial charge in [0.1, 0.15) is 11.6 Å². The molecule has 0 radical (unpaired) electrons. The number of carbonyl (C=O) groups is 1. The summed E-state index contributed by atoms with van der Waals surface area (Å²) in [6.45, 7) is 0.0563. The zero-order chi connectivity index (χ0) is 15.0. The zero-order valence-electron chi connectivity index (χ0n) is 11.5. The topological polar surface area (TPSA) is 61.4 Å². The van der Waals surface area contributed by atoms with Crippen molar-refractivity contribution < 1.29 is 18.7 Å². The summed E-state index contributed by atoms with van der Waals surface area (Å²) in [7, 11) is 0. The Labute approximate surface area is 121 Å². The number of aliphatic hydroxyl groups is 1. The lowest BCUT2D eigenvalue weighted by molar-refractivity contribution is 0.146. The molecule has 2 aliphatic carbocycles. The molecule has 3 rings (SSSR count). The van der Waals surface area contributed by atoms with E-state index < -0.39 is 17.7 Å². The number of urea groups is 1. The highest BCUT2D eigenvalue weighted by Crippen LogP contribution is 2.48. The van der Waals surface area contributed by atoms with Crippen molar-refractivity contribution in [3.8, 4) is 0 Å². The predicted molar refractivity (Wildman–Crippen MR) is 73.7 cm³/mol. The molecule has 4 nitrogen and oxygen atoms in total. The van der Waals surface area contributed by atoms with Crippen LogP contribution in [0.25, 0.3) is 0 Å². The summed E-state index contributed by atoms with van der Waals surface area (Å²) in [5, 5.41) is 14.7. The van der Waals surface area contributed by atoms with Gasteiger partial charge in [-0.25, -0.2) is 13.6 Å². The van der Waals surface area contributed by atoms with E-state index in [1.165, 1.54) is 0 Å². The van der Waals surface area contributed by atoms with Crippen molar-refractivity contribution >= 4 is 11.7 Å². The number of aliphatic hydroxyl groups excluding tert-OH is 1. The summed E-state index contributed by atoms with van der Waals surface area (Å²) in [5.41, 5.74) is 0.0775. The van der Waals surface area contributed by atoms with Crippen molar-refractivity contribution in [2.75, 3.05) is 11.9 Å². The van der Waals surface area contributed by atoms with Gasteiger partial charge in [-0.15, -0.1) is 0 Å². The van der Waals surface area contributed by atoms with Crippen molar-refractivity contribution in [3.05, 3.63) is 29.8 Å². The van der Waals surface area contributed by atoms with Gasteiger partial charge < -0.3 is 15.7 Å². The summed E-state index contributed by atoms with van der Waals surface area (Å²) < 4.78 is 26.2. The molecule has 0 aliphatic heterocycles. The molecule has 2 saturated carbocycles. The molecule has 21 heavy (non-hydrogen) atoms. The number of anilines is 1. The van der Waals surface area contributed by atoms with Gasteiger partial charge in [0.05, 0.1) is 0 Å². The van der Waals surface area contributed by atoms with Crippen LogP contribution in [0.3, 0.4) is 0 Å². The molecule has 2 bridgehead atoms. The van der Waals surface area contributed by atoms with Crippen LogP contribution in [-0.2, 0) is 0 Å². The van der Waals surface area contributed by atoms with Crippen LogP contribution in [0, 0.1) is 29.4 Å². The van der Waals surface area contributed by atoms with Gasteiger partial charge in [-0.05, 0) is 43.2 Å². The molecular weight excluding hydrogens is 278 g/mol. The van der Waals surface area contributed by atoms with Crippen LogP contribution in [0.4, 0.5) is 19.3 Å². The van der Waals surface area contributed by atoms with Crippen molar-refractivity contribution in [2.24, 2.45) is 17.8 Å². The minimum Gasteiger partial charge on any atom is -0.396 e. The molecule has 0 spiro atoms. The number of halogens is 2. The molecule has 4 atom stereocenters. The summed E-state index contributed by atoms with van der Waals surface area (Å²) in [4.78, 5) is 12.0. The molecule has 2 amide bonds. The van der Waals surface area contributed by atoms with E-state index in [2.05, 4.69) is 10.6 Å². The standard InChI is InChI=1S/C15H18F2N2O2/c16-10-4-11(17)6-12(5-10)18-15(21)19-14-9-2-1-8(3-9)13(14)7-20/h4-6,8-9,13-14,20H,1-3,7H2,(H2,18,19,21). The normalized spacial score (nSPS) is 30.4. The average molecular weight is 296 g/mol. The molecule has 3 N–H and O–H groups in total. The van der Waals surface area contributed by atoms with Crippen LogP contribution in [0.15, 0.2) is 18.2 Å². The summed E-state index contributed by atoms with van der Waals surface area (Å²) in [5.74, 6) is -0.533. The van der Waals surface area contributed by atoms with Gasteiger partial charge in [-0.3, -0.25) is 0 Å². The van der Waals surface area contributed by atoms with Gasteiger partial charge in [0.25, 0.3) is 0 Å². The first-order valence-electron chi connectivity index (χ1n) is 7.21. The van der Waals surface area contributed by atoms with E-state index in [9.17, 15) is 18.7 Å². The van der Waals surface area contributed by atoms with E-state index in [1.54, 1.807) is 0 Å². The average Bonchev–Trinajstić information content (AvgIpc) is 2.97. The van der Waals surface area contributed by atoms with E-state index in [0.717, 1.165) is 37.5 Å². The van der Waals surface area contributed by atoms with Crippen LogP contribution in [0.5, 0.6) is 0 Å². The molecule has 2 fully saturated rings. The van der Waals surface area contributed by atoms with E-state index in [0.29, 0.717) is 11.8 Å². The van der Waals surface area contributed by atoms with Gasteiger partial charge in [-0.2, -0.15) is 0 Å². The largest absolute Gasteiger partial charge is 0.396 e. The number of hydrogen-bond donors (Lipinski definition) is 3. The third kappa shape index (κ3) is 2.85. The first-order valence-corrected chi connectivity index (χ1v) is 7.21. The Hall–Kier alpha value is -1.69. The summed E-state index contributed by atoms with van der Waals surface area (Å²) in [6, 6.07) is 2.32. The first-order chi connectivity index (χ1) is 10.1. The maximum absolute atomic E-state index is 13.1. The van der Waals surface area contributed by atoms with Crippen LogP contribution >= 0.6 is 0 Å². The maximum Gasteiger partial charge on any atom is 0.319 e. The molecule has 2 aliphatic rings. The van der Waals surface area contributed by atoms with Gasteiger partial charge in [0, 0.05) is 30.3 Å². The number of benzene rings is 1. The van der Waals surface area contributed by atoms with Crippen LogP contribution in [0.2, 0.25) is 0 Å². The van der Waals surface area contributed by atoms with Crippen LogP contribution < -0.4 is 10.6 Å². The molecule has 0 saturated heterocycles. The Morgan fingerprint density at radius 1 is 1.19 bits per heavy atom. The minimum atomic E-state index is -0.738. The van der Waals surface area contributed by atoms with Crippen molar-refractivity contribution in [1.29, 1.82) is 0 Å². The number of carbonyl (C=O) groups excluding carboxylic acids is 1. The van der Waals surface area contributed by atoms with E-state index in [4.69, 9.17) is 0 Å². The van der Waals surface area contributed by atoms with E-state index >= 15 is 0 Å². The molecule has 6 heteroatoms. The van der Waals surface area contributed by atoms with E-state index in [1.807, 2.05) is 0 Å². The second kappa shape index (κ2) is 5.60. The van der Waals surface area contributed by atoms with Crippen molar-refractivity contribution in [2.45, 2.75) is 25.3 Å². The molecular formula is C15H18F2N2O2.